The molecule has 0 aliphatic heterocycles. The fraction of sp³-hybridized carbons (Fsp3) is 0.846. The maximum Gasteiger partial charge on any atom is 0.239 e. The van der Waals surface area contributed by atoms with Crippen LogP contribution in [0.25, 0.3) is 0 Å². The minimum Gasteiger partial charge on any atom is -0.353 e. The molecule has 6 heteroatoms. The third-order valence-electron chi connectivity index (χ3n) is 3.23. The van der Waals surface area contributed by atoms with Gasteiger partial charge in [0, 0.05) is 26.1 Å². The van der Waals surface area contributed by atoms with Gasteiger partial charge >= 0.3 is 0 Å². The van der Waals surface area contributed by atoms with Crippen LogP contribution in [0.5, 0.6) is 0 Å². The topological polar surface area (TPSA) is 70.2 Å². The zero-order valence-electron chi connectivity index (χ0n) is 11.7. The van der Waals surface area contributed by atoms with Crippen molar-refractivity contribution < 1.29 is 9.59 Å². The van der Waals surface area contributed by atoms with Crippen LogP contribution in [0.15, 0.2) is 0 Å². The van der Waals surface area contributed by atoms with Gasteiger partial charge in [0.1, 0.15) is 0 Å². The Kier molecular flexibility index (Phi) is 10.6. The van der Waals surface area contributed by atoms with Gasteiger partial charge < -0.3 is 16.0 Å². The predicted octanol–water partition coefficient (Wildman–Crippen LogP) is 0.973. The van der Waals surface area contributed by atoms with Crippen LogP contribution >= 0.6 is 12.4 Å². The van der Waals surface area contributed by atoms with Crippen LogP contribution in [0, 0.1) is 0 Å². The molecule has 0 aromatic carbocycles. The summed E-state index contributed by atoms with van der Waals surface area (Å²) in [5.41, 5.74) is 0. The second kappa shape index (κ2) is 11.1. The van der Waals surface area contributed by atoms with Gasteiger partial charge in [-0.3, -0.25) is 9.59 Å². The summed E-state index contributed by atoms with van der Waals surface area (Å²) in [6.45, 7) is 2.89. The monoisotopic (exact) mass is 291 g/mol. The largest absolute Gasteiger partial charge is 0.353 e. The zero-order chi connectivity index (χ0) is 13.2. The van der Waals surface area contributed by atoms with E-state index in [-0.39, 0.29) is 30.8 Å². The summed E-state index contributed by atoms with van der Waals surface area (Å²) in [5.74, 6) is -0.311. The van der Waals surface area contributed by atoms with Gasteiger partial charge in [0.25, 0.3) is 0 Å². The number of hydrogen-bond acceptors (Lipinski definition) is 3. The van der Waals surface area contributed by atoms with Crippen LogP contribution in [0.2, 0.25) is 0 Å². The molecule has 2 amide bonds. The van der Waals surface area contributed by atoms with E-state index in [0.717, 1.165) is 6.54 Å². The van der Waals surface area contributed by atoms with E-state index in [1.165, 1.54) is 45.4 Å². The number of carbonyl (C=O) groups is 2. The molecule has 0 spiro atoms. The highest BCUT2D eigenvalue weighted by atomic mass is 35.5. The van der Waals surface area contributed by atoms with Crippen LogP contribution in [0.4, 0.5) is 0 Å². The van der Waals surface area contributed by atoms with E-state index in [2.05, 4.69) is 16.0 Å². The number of hydrogen-bond donors (Lipinski definition) is 3. The standard InChI is InChI=1S/C13H25N3O2.ClH/c1-11(17)16-10-13(18)15-9-8-14-12-6-4-2-3-5-7-12;/h12,14H,2-10H2,1H3,(H,15,18)(H,16,17);1H. The second-order valence-electron chi connectivity index (χ2n) is 4.90. The summed E-state index contributed by atoms with van der Waals surface area (Å²) in [5, 5.41) is 8.73. The Hall–Kier alpha value is -0.810. The normalized spacial score (nSPS) is 16.1. The van der Waals surface area contributed by atoms with E-state index in [1.807, 2.05) is 0 Å². The Morgan fingerprint density at radius 1 is 1.00 bits per heavy atom. The maximum absolute atomic E-state index is 11.3. The van der Waals surface area contributed by atoms with Crippen LogP contribution < -0.4 is 16.0 Å². The Bertz CT molecular complexity index is 267. The molecule has 0 aromatic heterocycles. The minimum absolute atomic E-state index is 0. The van der Waals surface area contributed by atoms with Crippen LogP contribution in [-0.2, 0) is 9.59 Å². The lowest BCUT2D eigenvalue weighted by Crippen LogP contribution is -2.40. The van der Waals surface area contributed by atoms with E-state index in [1.54, 1.807) is 0 Å². The average molecular weight is 292 g/mol. The molecule has 0 bridgehead atoms. The van der Waals surface area contributed by atoms with Crippen molar-refractivity contribution >= 4 is 24.2 Å². The van der Waals surface area contributed by atoms with Gasteiger partial charge in [-0.15, -0.1) is 12.4 Å². The fourth-order valence-electron chi connectivity index (χ4n) is 2.23. The molecule has 1 fully saturated rings. The summed E-state index contributed by atoms with van der Waals surface area (Å²) in [6.07, 6.45) is 7.83. The molecule has 112 valence electrons. The first-order valence-corrected chi connectivity index (χ1v) is 6.93. The molecule has 0 aromatic rings. The number of halogens is 1. The maximum atomic E-state index is 11.3. The van der Waals surface area contributed by atoms with Gasteiger partial charge in [0.05, 0.1) is 6.54 Å². The highest BCUT2D eigenvalue weighted by Gasteiger charge is 2.10. The molecule has 5 nitrogen and oxygen atoms in total. The number of rotatable bonds is 6. The lowest BCUT2D eigenvalue weighted by Gasteiger charge is -2.16. The number of carbonyl (C=O) groups excluding carboxylic acids is 2. The van der Waals surface area contributed by atoms with Crippen LogP contribution in [0.3, 0.4) is 0 Å². The predicted molar refractivity (Wildman–Crippen MR) is 78.4 cm³/mol. The van der Waals surface area contributed by atoms with E-state index < -0.39 is 0 Å². The van der Waals surface area contributed by atoms with Gasteiger partial charge in [0.15, 0.2) is 0 Å². The molecule has 0 atom stereocenters. The second-order valence-corrected chi connectivity index (χ2v) is 4.90. The molecule has 19 heavy (non-hydrogen) atoms. The summed E-state index contributed by atoms with van der Waals surface area (Å²) >= 11 is 0. The smallest absolute Gasteiger partial charge is 0.239 e. The molecule has 3 N–H and O–H groups in total. The quantitative estimate of drug-likeness (QED) is 0.504. The average Bonchev–Trinajstić information content (AvgIpc) is 2.60. The lowest BCUT2D eigenvalue weighted by atomic mass is 10.1. The van der Waals surface area contributed by atoms with Crippen molar-refractivity contribution in [2.24, 2.45) is 0 Å². The van der Waals surface area contributed by atoms with Crippen molar-refractivity contribution in [1.82, 2.24) is 16.0 Å². The number of amides is 2. The minimum atomic E-state index is -0.179. The molecular formula is C13H26ClN3O2. The zero-order valence-corrected chi connectivity index (χ0v) is 12.5. The van der Waals surface area contributed by atoms with Gasteiger partial charge in [-0.2, -0.15) is 0 Å². The van der Waals surface area contributed by atoms with Crippen molar-refractivity contribution in [2.45, 2.75) is 51.5 Å². The fourth-order valence-corrected chi connectivity index (χ4v) is 2.23. The molecule has 1 aliphatic carbocycles. The molecule has 1 rings (SSSR count). The van der Waals surface area contributed by atoms with Gasteiger partial charge in [0.2, 0.25) is 11.8 Å². The molecule has 0 radical (unpaired) electrons. The summed E-state index contributed by atoms with van der Waals surface area (Å²) in [7, 11) is 0. The Morgan fingerprint density at radius 3 is 2.21 bits per heavy atom. The van der Waals surface area contributed by atoms with Gasteiger partial charge in [-0.1, -0.05) is 25.7 Å². The van der Waals surface area contributed by atoms with Crippen molar-refractivity contribution in [1.29, 1.82) is 0 Å². The molecular weight excluding hydrogens is 266 g/mol. The van der Waals surface area contributed by atoms with E-state index in [4.69, 9.17) is 0 Å². The van der Waals surface area contributed by atoms with Gasteiger partial charge in [-0.05, 0) is 12.8 Å². The summed E-state index contributed by atoms with van der Waals surface area (Å²) in [6, 6.07) is 0.611. The molecule has 1 aliphatic rings. The Morgan fingerprint density at radius 2 is 1.63 bits per heavy atom. The van der Waals surface area contributed by atoms with Crippen molar-refractivity contribution in [3.05, 3.63) is 0 Å². The molecule has 0 heterocycles. The Labute approximate surface area is 121 Å². The Balaban J connectivity index is 0.00000324. The summed E-state index contributed by atoms with van der Waals surface area (Å²) in [4.78, 5) is 21.9. The number of nitrogens with one attached hydrogen (secondary N) is 3. The molecule has 1 saturated carbocycles. The highest BCUT2D eigenvalue weighted by Crippen LogP contribution is 2.16. The van der Waals surface area contributed by atoms with Crippen molar-refractivity contribution in [3.8, 4) is 0 Å². The van der Waals surface area contributed by atoms with E-state index in [0.29, 0.717) is 12.6 Å². The first-order chi connectivity index (χ1) is 8.68. The first-order valence-electron chi connectivity index (χ1n) is 6.93. The van der Waals surface area contributed by atoms with Gasteiger partial charge in [-0.25, -0.2) is 0 Å². The van der Waals surface area contributed by atoms with Crippen LogP contribution in [-0.4, -0.2) is 37.5 Å². The van der Waals surface area contributed by atoms with Crippen molar-refractivity contribution in [2.75, 3.05) is 19.6 Å². The third-order valence-corrected chi connectivity index (χ3v) is 3.23. The van der Waals surface area contributed by atoms with Crippen LogP contribution in [0.1, 0.15) is 45.4 Å². The summed E-state index contributed by atoms with van der Waals surface area (Å²) < 4.78 is 0. The third kappa shape index (κ3) is 9.73. The lowest BCUT2D eigenvalue weighted by molar-refractivity contribution is -0.125. The molecule has 0 saturated heterocycles. The SMILES string of the molecule is CC(=O)NCC(=O)NCCNC1CCCCCC1.Cl. The van der Waals surface area contributed by atoms with E-state index >= 15 is 0 Å². The first kappa shape index (κ1) is 18.2. The highest BCUT2D eigenvalue weighted by molar-refractivity contribution is 5.85. The molecule has 0 unspecified atom stereocenters. The van der Waals surface area contributed by atoms with E-state index in [9.17, 15) is 9.59 Å². The van der Waals surface area contributed by atoms with Crippen molar-refractivity contribution in [3.63, 3.8) is 0 Å².